The Morgan fingerprint density at radius 1 is 0.571 bits per heavy atom. The maximum atomic E-state index is 11.4. The molecule has 0 fully saturated rings. The molecule has 20 heteroatoms. The fourth-order valence-electron chi connectivity index (χ4n) is 2.88. The molecule has 6 nitrogen and oxygen atoms in total. The Morgan fingerprint density at radius 3 is 1.02 bits per heavy atom. The van der Waals surface area contributed by atoms with Crippen LogP contribution in [0.15, 0.2) is 49.1 Å². The summed E-state index contributed by atoms with van der Waals surface area (Å²) in [6.07, 6.45) is 10.5. The third kappa shape index (κ3) is 31.8. The first-order valence-corrected chi connectivity index (χ1v) is 16.0. The van der Waals surface area contributed by atoms with Crippen molar-refractivity contribution in [1.29, 1.82) is 0 Å². The monoisotopic (exact) mass is 676 g/mol. The topological polar surface area (TPSA) is 60.4 Å². The molecule has 2 rings (SSSR count). The van der Waals surface area contributed by atoms with E-state index in [4.69, 9.17) is 9.47 Å². The van der Waals surface area contributed by atoms with Crippen LogP contribution in [-0.2, 0) is 32.2 Å². The van der Waals surface area contributed by atoms with E-state index >= 15 is 0 Å². The van der Waals surface area contributed by atoms with Crippen LogP contribution in [0.3, 0.4) is 0 Å². The number of ether oxygens (including phenoxy) is 2. The van der Waals surface area contributed by atoms with Crippen LogP contribution >= 0.6 is 15.6 Å². The van der Waals surface area contributed by atoms with Gasteiger partial charge in [0.15, 0.2) is 24.8 Å². The van der Waals surface area contributed by atoms with Crippen molar-refractivity contribution in [2.45, 2.75) is 52.6 Å². The number of carbonyl (C=O) groups excluding carboxylic acids is 2. The summed E-state index contributed by atoms with van der Waals surface area (Å²) in [5.74, 6) is -0.279. The molecule has 0 aromatic carbocycles. The second-order valence-corrected chi connectivity index (χ2v) is 12.2. The molecular weight excluding hydrogens is 646 g/mol. The Morgan fingerprint density at radius 2 is 0.810 bits per heavy atom. The van der Waals surface area contributed by atoms with Gasteiger partial charge in [0.05, 0.1) is 26.1 Å². The van der Waals surface area contributed by atoms with Crippen molar-refractivity contribution in [2.24, 2.45) is 0 Å². The van der Waals surface area contributed by atoms with E-state index in [1.165, 1.54) is 0 Å². The molecule has 0 bridgehead atoms. The Labute approximate surface area is 232 Å². The second-order valence-electron chi connectivity index (χ2n) is 8.38. The molecule has 0 radical (unpaired) electrons. The molecule has 2 heterocycles. The average Bonchev–Trinajstić information content (AvgIpc) is 2.76. The van der Waals surface area contributed by atoms with Crippen LogP contribution in [0.1, 0.15) is 39.5 Å². The molecule has 0 amide bonds. The van der Waals surface area contributed by atoms with Gasteiger partial charge in [-0.3, -0.25) is 9.59 Å². The summed E-state index contributed by atoms with van der Waals surface area (Å²) < 4.78 is 132. The Bertz CT molecular complexity index is 1040. The number of hydrogen-bond donors (Lipinski definition) is 0. The molecular formula is C22H30F12N2O4P2. The van der Waals surface area contributed by atoms with E-state index < -0.39 is 15.6 Å². The SMILES string of the molecule is CCOC(=O)CCC[n+]1ccc(-c2cc[n+](CCCC(=O)OCC)cc2)cc1.F[P-](F)(F)(F)(F)F.F[P-](F)(F)(F)(F)F. The minimum atomic E-state index is -10.7. The van der Waals surface area contributed by atoms with Crippen molar-refractivity contribution in [2.75, 3.05) is 13.2 Å². The van der Waals surface area contributed by atoms with Crippen LogP contribution in [0.2, 0.25) is 0 Å². The van der Waals surface area contributed by atoms with Crippen molar-refractivity contribution >= 4 is 27.6 Å². The first-order valence-electron chi connectivity index (χ1n) is 11.9. The fourth-order valence-corrected chi connectivity index (χ4v) is 2.88. The number of aryl methyl sites for hydroxylation is 2. The number of carbonyl (C=O) groups is 2. The molecule has 0 aliphatic heterocycles. The van der Waals surface area contributed by atoms with E-state index in [0.717, 1.165) is 37.1 Å². The summed E-state index contributed by atoms with van der Waals surface area (Å²) in [5, 5.41) is 0. The zero-order chi connectivity index (χ0) is 33.0. The molecule has 0 saturated carbocycles. The number of aromatic nitrogens is 2. The van der Waals surface area contributed by atoms with Gasteiger partial charge in [0.25, 0.3) is 0 Å². The predicted molar refractivity (Wildman–Crippen MR) is 131 cm³/mol. The van der Waals surface area contributed by atoms with E-state index in [1.54, 1.807) is 0 Å². The van der Waals surface area contributed by atoms with Crippen molar-refractivity contribution in [3.63, 3.8) is 0 Å². The standard InChI is InChI=1S/C22H30N2O4.2F6P/c1-3-27-21(25)7-5-13-23-15-9-19(10-16-23)20-11-17-24(18-12-20)14-6-8-22(26)28-4-2;2*1-7(2,3,4,5)6/h9-12,15-18H,3-8,13-14H2,1-2H3;;/q+2;2*-1. The molecule has 42 heavy (non-hydrogen) atoms. The molecule has 0 atom stereocenters. The van der Waals surface area contributed by atoms with Crippen LogP contribution in [-0.4, -0.2) is 25.2 Å². The maximum absolute atomic E-state index is 11.4. The van der Waals surface area contributed by atoms with Gasteiger partial charge in [-0.15, -0.1) is 0 Å². The molecule has 246 valence electrons. The normalized spacial score (nSPS) is 14.7. The summed E-state index contributed by atoms with van der Waals surface area (Å²) in [6, 6.07) is 8.30. The Hall–Kier alpha value is -2.74. The Kier molecular flexibility index (Phi) is 12.4. The number of rotatable bonds is 11. The van der Waals surface area contributed by atoms with Gasteiger partial charge in [-0.25, -0.2) is 9.13 Å². The van der Waals surface area contributed by atoms with Gasteiger partial charge in [0.1, 0.15) is 13.1 Å². The van der Waals surface area contributed by atoms with E-state index in [0.29, 0.717) is 26.1 Å². The van der Waals surface area contributed by atoms with Crippen LogP contribution in [0.25, 0.3) is 11.1 Å². The van der Waals surface area contributed by atoms with Crippen LogP contribution in [0.4, 0.5) is 50.4 Å². The minimum absolute atomic E-state index is 0.139. The molecule has 0 unspecified atom stereocenters. The van der Waals surface area contributed by atoms with Gasteiger partial charge < -0.3 is 9.47 Å². The van der Waals surface area contributed by atoms with Gasteiger partial charge in [0.2, 0.25) is 0 Å². The number of hydrogen-bond acceptors (Lipinski definition) is 4. The molecule has 0 N–H and O–H groups in total. The molecule has 0 aliphatic carbocycles. The van der Waals surface area contributed by atoms with E-state index in [1.807, 2.05) is 38.6 Å². The third-order valence-corrected chi connectivity index (χ3v) is 4.32. The Balaban J connectivity index is 0.000000990. The van der Waals surface area contributed by atoms with Gasteiger partial charge in [-0.1, -0.05) is 0 Å². The zero-order valence-corrected chi connectivity index (χ0v) is 24.0. The van der Waals surface area contributed by atoms with Crippen LogP contribution in [0.5, 0.6) is 0 Å². The number of esters is 2. The summed E-state index contributed by atoms with van der Waals surface area (Å²) in [6.45, 7) is 6.08. The number of nitrogens with zero attached hydrogens (tertiary/aromatic N) is 2. The summed E-state index contributed by atoms with van der Waals surface area (Å²) in [4.78, 5) is 22.7. The molecule has 0 spiro atoms. The molecule has 0 saturated heterocycles. The van der Waals surface area contributed by atoms with Gasteiger partial charge in [0, 0.05) is 37.1 Å². The zero-order valence-electron chi connectivity index (χ0n) is 22.2. The van der Waals surface area contributed by atoms with E-state index in [-0.39, 0.29) is 11.9 Å². The van der Waals surface area contributed by atoms with Gasteiger partial charge in [-0.2, -0.15) is 0 Å². The number of pyridine rings is 2. The van der Waals surface area contributed by atoms with Gasteiger partial charge >= 0.3 is 77.9 Å². The van der Waals surface area contributed by atoms with Crippen molar-refractivity contribution < 1.29 is 78.6 Å². The van der Waals surface area contributed by atoms with Crippen LogP contribution in [0, 0.1) is 0 Å². The summed E-state index contributed by atoms with van der Waals surface area (Å²) in [5.41, 5.74) is 2.28. The summed E-state index contributed by atoms with van der Waals surface area (Å²) >= 11 is 0. The third-order valence-electron chi connectivity index (χ3n) is 4.32. The molecule has 2 aromatic rings. The average molecular weight is 676 g/mol. The molecule has 0 aliphatic rings. The van der Waals surface area contributed by atoms with Crippen LogP contribution < -0.4 is 9.13 Å². The van der Waals surface area contributed by atoms with Crippen molar-refractivity contribution in [3.05, 3.63) is 49.1 Å². The first kappa shape index (κ1) is 39.3. The van der Waals surface area contributed by atoms with E-state index in [2.05, 4.69) is 33.4 Å². The van der Waals surface area contributed by atoms with Crippen molar-refractivity contribution in [3.8, 4) is 11.1 Å². The predicted octanol–water partition coefficient (Wildman–Crippen LogP) is 9.38. The fraction of sp³-hybridized carbons (Fsp3) is 0.455. The summed E-state index contributed by atoms with van der Waals surface area (Å²) in [7, 11) is -21.3. The molecule has 2 aromatic heterocycles. The second kappa shape index (κ2) is 13.3. The first-order chi connectivity index (χ1) is 18.5. The number of halogens is 12. The van der Waals surface area contributed by atoms with Gasteiger partial charge in [-0.05, 0) is 25.0 Å². The van der Waals surface area contributed by atoms with Crippen molar-refractivity contribution in [1.82, 2.24) is 0 Å². The quantitative estimate of drug-likeness (QED) is 0.103. The van der Waals surface area contributed by atoms with E-state index in [9.17, 15) is 60.0 Å².